The summed E-state index contributed by atoms with van der Waals surface area (Å²) in [7, 11) is 0. The van der Waals surface area contributed by atoms with Gasteiger partial charge in [-0.2, -0.15) is 0 Å². The van der Waals surface area contributed by atoms with Crippen molar-refractivity contribution in [2.45, 2.75) is 373 Å². The number of ether oxygens (including phenoxy) is 1. The molecule has 78 heavy (non-hydrogen) atoms. The Morgan fingerprint density at radius 1 is 0.359 bits per heavy atom. The number of carbonyl (C=O) groups excluding carboxylic acids is 2. The van der Waals surface area contributed by atoms with Crippen LogP contribution < -0.4 is 5.32 Å². The quantitative estimate of drug-likeness (QED) is 0.0320. The van der Waals surface area contributed by atoms with Crippen LogP contribution in [0.3, 0.4) is 0 Å². The van der Waals surface area contributed by atoms with E-state index in [0.29, 0.717) is 19.4 Å². The number of unbranched alkanes of at least 4 members (excludes halogenated alkanes) is 45. The van der Waals surface area contributed by atoms with Gasteiger partial charge >= 0.3 is 5.97 Å². The highest BCUT2D eigenvalue weighted by molar-refractivity contribution is 5.76. The highest BCUT2D eigenvalue weighted by Gasteiger charge is 2.18. The number of aliphatic hydroxyl groups is 2. The fraction of sp³-hybridized carbons (Fsp3) is 0.833. The fourth-order valence-electron chi connectivity index (χ4n) is 10.5. The summed E-state index contributed by atoms with van der Waals surface area (Å²) in [4.78, 5) is 24.6. The molecule has 0 heterocycles. The van der Waals surface area contributed by atoms with E-state index < -0.39 is 12.1 Å². The molecule has 0 aliphatic rings. The maximum atomic E-state index is 12.5. The molecule has 0 aliphatic carbocycles. The van der Waals surface area contributed by atoms with Gasteiger partial charge in [0.05, 0.1) is 25.4 Å². The maximum absolute atomic E-state index is 12.5. The largest absolute Gasteiger partial charge is 0.466 e. The van der Waals surface area contributed by atoms with E-state index in [2.05, 4.69) is 67.8 Å². The summed E-state index contributed by atoms with van der Waals surface area (Å²) in [5.41, 5.74) is 0. The minimum atomic E-state index is -0.848. The van der Waals surface area contributed by atoms with Gasteiger partial charge in [-0.25, -0.2) is 0 Å². The van der Waals surface area contributed by atoms with Crippen LogP contribution in [0.15, 0.2) is 60.8 Å². The zero-order chi connectivity index (χ0) is 56.4. The minimum absolute atomic E-state index is 0.00271. The third-order valence-electron chi connectivity index (χ3n) is 15.8. The summed E-state index contributed by atoms with van der Waals surface area (Å²) in [6, 6.07) is -0.632. The van der Waals surface area contributed by atoms with Crippen LogP contribution in [0.2, 0.25) is 0 Å². The molecular formula is C72H133NO5. The Kier molecular flexibility index (Phi) is 65.0. The van der Waals surface area contributed by atoms with Crippen LogP contribution in [-0.2, 0) is 14.3 Å². The number of hydrogen-bond donors (Lipinski definition) is 3. The van der Waals surface area contributed by atoms with Crippen LogP contribution in [0.1, 0.15) is 361 Å². The monoisotopic (exact) mass is 1090 g/mol. The summed E-state index contributed by atoms with van der Waals surface area (Å²) >= 11 is 0. The van der Waals surface area contributed by atoms with E-state index in [9.17, 15) is 19.8 Å². The predicted octanol–water partition coefficient (Wildman–Crippen LogP) is 22.3. The summed E-state index contributed by atoms with van der Waals surface area (Å²) in [6.07, 6.45) is 88.6. The summed E-state index contributed by atoms with van der Waals surface area (Å²) in [5.74, 6) is -0.0673. The molecular weight excluding hydrogens is 959 g/mol. The van der Waals surface area contributed by atoms with Crippen molar-refractivity contribution >= 4 is 11.9 Å². The molecule has 0 aromatic carbocycles. The van der Waals surface area contributed by atoms with E-state index in [1.807, 2.05) is 6.08 Å². The number of esters is 1. The van der Waals surface area contributed by atoms with Crippen LogP contribution >= 0.6 is 0 Å². The first-order chi connectivity index (χ1) is 38.5. The van der Waals surface area contributed by atoms with Crippen molar-refractivity contribution in [2.75, 3.05) is 13.2 Å². The summed E-state index contributed by atoms with van der Waals surface area (Å²) < 4.78 is 5.49. The van der Waals surface area contributed by atoms with Gasteiger partial charge in [0.1, 0.15) is 0 Å². The Morgan fingerprint density at radius 3 is 0.987 bits per heavy atom. The Labute approximate surface area is 486 Å². The van der Waals surface area contributed by atoms with E-state index in [1.54, 1.807) is 6.08 Å². The van der Waals surface area contributed by atoms with Gasteiger partial charge in [0.2, 0.25) is 5.91 Å². The molecule has 1 amide bonds. The summed E-state index contributed by atoms with van der Waals surface area (Å²) in [5, 5.41) is 23.2. The first-order valence-electron chi connectivity index (χ1n) is 34.6. The molecule has 456 valence electrons. The lowest BCUT2D eigenvalue weighted by Gasteiger charge is -2.20. The molecule has 3 N–H and O–H groups in total. The highest BCUT2D eigenvalue weighted by atomic mass is 16.5. The Balaban J connectivity index is 3.44. The molecule has 0 saturated heterocycles. The zero-order valence-electron chi connectivity index (χ0n) is 52.1. The molecule has 0 saturated carbocycles. The number of aliphatic hydroxyl groups excluding tert-OH is 2. The topological polar surface area (TPSA) is 95.9 Å². The van der Waals surface area contributed by atoms with E-state index in [1.165, 1.54) is 276 Å². The van der Waals surface area contributed by atoms with Crippen molar-refractivity contribution in [2.24, 2.45) is 0 Å². The lowest BCUT2D eigenvalue weighted by Crippen LogP contribution is -2.45. The molecule has 0 spiro atoms. The van der Waals surface area contributed by atoms with E-state index in [4.69, 9.17) is 4.74 Å². The van der Waals surface area contributed by atoms with Crippen LogP contribution in [0, 0.1) is 0 Å². The standard InChI is InChI=1S/C72H133NO5/c1-3-5-7-9-11-13-15-17-19-21-34-38-42-46-50-54-58-62-66-72(77)78-67-63-59-55-51-47-43-39-35-32-30-28-26-24-22-23-25-27-29-31-33-37-41-45-49-53-57-61-65-71(76)73-69(68-74)70(75)64-60-56-52-48-44-40-36-20-18-16-14-12-10-8-6-4-2/h13,15,19,21-23,26,28,60,64,69-70,74-75H,3-12,14,16-18,20,24-25,27,29-59,61-63,65-68H2,1-2H3,(H,73,76)/b15-13-,21-19-,23-22-,28-26-,64-60+. The Morgan fingerprint density at radius 2 is 0.641 bits per heavy atom. The SMILES string of the molecule is CCCCCC/C=C\C/C=C\CCCCCCCCCC(=O)OCCCCCCCCCCC/C=C\C/C=C\CCCCCCCCCCCCCC(=O)NC(CO)C(O)/C=C/CCCCCCCCCCCCCCCC. The fourth-order valence-corrected chi connectivity index (χ4v) is 10.5. The van der Waals surface area contributed by atoms with Crippen molar-refractivity contribution < 1.29 is 24.5 Å². The molecule has 2 atom stereocenters. The zero-order valence-corrected chi connectivity index (χ0v) is 52.1. The average Bonchev–Trinajstić information content (AvgIpc) is 3.44. The molecule has 0 radical (unpaired) electrons. The number of carbonyl (C=O) groups is 2. The Bertz CT molecular complexity index is 1350. The number of hydrogen-bond acceptors (Lipinski definition) is 5. The number of nitrogens with one attached hydrogen (secondary N) is 1. The lowest BCUT2D eigenvalue weighted by molar-refractivity contribution is -0.143. The van der Waals surface area contributed by atoms with E-state index in [-0.39, 0.29) is 18.5 Å². The number of rotatable bonds is 64. The molecule has 0 bridgehead atoms. The van der Waals surface area contributed by atoms with Gasteiger partial charge in [-0.15, -0.1) is 0 Å². The van der Waals surface area contributed by atoms with E-state index >= 15 is 0 Å². The third-order valence-corrected chi connectivity index (χ3v) is 15.8. The highest BCUT2D eigenvalue weighted by Crippen LogP contribution is 2.17. The molecule has 0 aliphatic heterocycles. The van der Waals surface area contributed by atoms with Crippen molar-refractivity contribution in [3.05, 3.63) is 60.8 Å². The van der Waals surface area contributed by atoms with E-state index in [0.717, 1.165) is 57.8 Å². The van der Waals surface area contributed by atoms with Gasteiger partial charge < -0.3 is 20.3 Å². The first kappa shape index (κ1) is 75.6. The van der Waals surface area contributed by atoms with Gasteiger partial charge in [0, 0.05) is 12.8 Å². The second-order valence-corrected chi connectivity index (χ2v) is 23.5. The van der Waals surface area contributed by atoms with Gasteiger partial charge in [0.15, 0.2) is 0 Å². The average molecular weight is 1090 g/mol. The molecule has 6 heteroatoms. The van der Waals surface area contributed by atoms with Crippen LogP contribution in [0.5, 0.6) is 0 Å². The van der Waals surface area contributed by atoms with Gasteiger partial charge in [-0.05, 0) is 96.3 Å². The number of allylic oxidation sites excluding steroid dienone is 9. The van der Waals surface area contributed by atoms with Crippen LogP contribution in [0.4, 0.5) is 0 Å². The van der Waals surface area contributed by atoms with Crippen molar-refractivity contribution in [1.82, 2.24) is 5.32 Å². The smallest absolute Gasteiger partial charge is 0.305 e. The first-order valence-corrected chi connectivity index (χ1v) is 34.6. The maximum Gasteiger partial charge on any atom is 0.305 e. The van der Waals surface area contributed by atoms with Crippen molar-refractivity contribution in [1.29, 1.82) is 0 Å². The lowest BCUT2D eigenvalue weighted by atomic mass is 10.0. The third kappa shape index (κ3) is 62.8. The molecule has 0 fully saturated rings. The second-order valence-electron chi connectivity index (χ2n) is 23.5. The normalized spacial score (nSPS) is 12.9. The Hall–Kier alpha value is -2.44. The molecule has 0 rings (SSSR count). The molecule has 2 unspecified atom stereocenters. The molecule has 6 nitrogen and oxygen atoms in total. The molecule has 0 aromatic heterocycles. The minimum Gasteiger partial charge on any atom is -0.466 e. The van der Waals surface area contributed by atoms with Crippen LogP contribution in [0.25, 0.3) is 0 Å². The van der Waals surface area contributed by atoms with Crippen molar-refractivity contribution in [3.8, 4) is 0 Å². The second kappa shape index (κ2) is 67.1. The number of amides is 1. The van der Waals surface area contributed by atoms with Crippen molar-refractivity contribution in [3.63, 3.8) is 0 Å². The van der Waals surface area contributed by atoms with Gasteiger partial charge in [-0.1, -0.05) is 312 Å². The predicted molar refractivity (Wildman–Crippen MR) is 342 cm³/mol. The summed E-state index contributed by atoms with van der Waals surface area (Å²) in [6.45, 7) is 4.90. The van der Waals surface area contributed by atoms with Gasteiger partial charge in [-0.3, -0.25) is 9.59 Å². The van der Waals surface area contributed by atoms with Gasteiger partial charge in [0.25, 0.3) is 0 Å². The van der Waals surface area contributed by atoms with Crippen LogP contribution in [-0.4, -0.2) is 47.4 Å². The molecule has 0 aromatic rings.